The number of ether oxygens (including phenoxy) is 2. The molecule has 0 aromatic rings. The molecule has 0 saturated heterocycles. The Hall–Kier alpha value is -0.650. The highest BCUT2D eigenvalue weighted by Gasteiger charge is 2.09. The molecule has 0 saturated carbocycles. The Labute approximate surface area is 288 Å². The number of carbonyl (C=O) groups is 1. The lowest BCUT2D eigenvalue weighted by Gasteiger charge is -2.21. The van der Waals surface area contributed by atoms with Gasteiger partial charge in [-0.2, -0.15) is 0 Å². The zero-order valence-electron chi connectivity index (χ0n) is 31.7. The number of esters is 1. The van der Waals surface area contributed by atoms with Crippen LogP contribution in [0.25, 0.3) is 0 Å². The molecule has 5 nitrogen and oxygen atoms in total. The van der Waals surface area contributed by atoms with Crippen LogP contribution in [0.2, 0.25) is 0 Å². The van der Waals surface area contributed by atoms with Gasteiger partial charge in [-0.05, 0) is 58.0 Å². The number of aliphatic hydroxyl groups is 1. The van der Waals surface area contributed by atoms with Gasteiger partial charge in [0.15, 0.2) is 0 Å². The van der Waals surface area contributed by atoms with Gasteiger partial charge in [0.2, 0.25) is 0 Å². The van der Waals surface area contributed by atoms with Crippen LogP contribution in [0, 0.1) is 0 Å². The van der Waals surface area contributed by atoms with Crippen molar-refractivity contribution >= 4 is 5.97 Å². The third-order valence-electron chi connectivity index (χ3n) is 9.51. The lowest BCUT2D eigenvalue weighted by Crippen LogP contribution is -2.29. The van der Waals surface area contributed by atoms with Gasteiger partial charge in [-0.1, -0.05) is 162 Å². The molecular formula is C41H83NO4. The molecule has 0 fully saturated rings. The van der Waals surface area contributed by atoms with Crippen molar-refractivity contribution in [3.63, 3.8) is 0 Å². The zero-order valence-corrected chi connectivity index (χ0v) is 31.7. The van der Waals surface area contributed by atoms with Gasteiger partial charge in [-0.3, -0.25) is 4.79 Å². The summed E-state index contributed by atoms with van der Waals surface area (Å²) in [5.74, 6) is -0.0151. The molecule has 1 atom stereocenters. The van der Waals surface area contributed by atoms with Crippen molar-refractivity contribution in [3.05, 3.63) is 0 Å². The minimum Gasteiger partial charge on any atom is -0.466 e. The minimum atomic E-state index is -0.0151. The maximum atomic E-state index is 11.9. The molecule has 276 valence electrons. The maximum Gasteiger partial charge on any atom is 0.305 e. The maximum absolute atomic E-state index is 11.9. The van der Waals surface area contributed by atoms with Crippen LogP contribution in [-0.4, -0.2) is 61.5 Å². The van der Waals surface area contributed by atoms with Crippen molar-refractivity contribution in [2.75, 3.05) is 39.5 Å². The highest BCUT2D eigenvalue weighted by molar-refractivity contribution is 5.69. The van der Waals surface area contributed by atoms with Gasteiger partial charge in [0.05, 0.1) is 19.3 Å². The molecule has 46 heavy (non-hydrogen) atoms. The molecule has 0 aromatic carbocycles. The van der Waals surface area contributed by atoms with Crippen LogP contribution >= 0.6 is 0 Å². The van der Waals surface area contributed by atoms with Crippen molar-refractivity contribution in [3.8, 4) is 0 Å². The second-order valence-corrected chi connectivity index (χ2v) is 14.1. The summed E-state index contributed by atoms with van der Waals surface area (Å²) < 4.78 is 11.8. The van der Waals surface area contributed by atoms with Crippen LogP contribution < -0.4 is 0 Å². The number of unbranched alkanes of at least 4 members (excludes halogenated alkanes) is 22. The molecule has 0 aromatic heterocycles. The Kier molecular flexibility index (Phi) is 38.2. The van der Waals surface area contributed by atoms with Crippen LogP contribution in [-0.2, 0) is 14.3 Å². The average molecular weight is 654 g/mol. The lowest BCUT2D eigenvalue weighted by molar-refractivity contribution is -0.143. The largest absolute Gasteiger partial charge is 0.466 e. The van der Waals surface area contributed by atoms with E-state index in [1.807, 2.05) is 0 Å². The Morgan fingerprint density at radius 3 is 1.46 bits per heavy atom. The molecule has 0 aliphatic carbocycles. The van der Waals surface area contributed by atoms with Crippen LogP contribution in [0.5, 0.6) is 0 Å². The van der Waals surface area contributed by atoms with Crippen molar-refractivity contribution in [1.82, 2.24) is 4.90 Å². The molecular weight excluding hydrogens is 570 g/mol. The summed E-state index contributed by atoms with van der Waals surface area (Å²) in [5.41, 5.74) is 0. The fourth-order valence-electron chi connectivity index (χ4n) is 6.41. The second-order valence-electron chi connectivity index (χ2n) is 14.1. The number of hydrogen-bond acceptors (Lipinski definition) is 5. The molecule has 1 unspecified atom stereocenters. The summed E-state index contributed by atoms with van der Waals surface area (Å²) in [6.07, 6.45) is 37.7. The molecule has 0 rings (SSSR count). The quantitative estimate of drug-likeness (QED) is 0.0528. The van der Waals surface area contributed by atoms with Crippen LogP contribution in [0.4, 0.5) is 0 Å². The molecule has 0 radical (unpaired) electrons. The SMILES string of the molecule is CCCCCCCCCOC(=O)CCCCCCCN(CCO)CCCCCCCCOC(CCCCC)CCCCCCCC. The van der Waals surface area contributed by atoms with E-state index in [4.69, 9.17) is 9.47 Å². The van der Waals surface area contributed by atoms with Crippen molar-refractivity contribution in [2.45, 2.75) is 219 Å². The monoisotopic (exact) mass is 654 g/mol. The third-order valence-corrected chi connectivity index (χ3v) is 9.51. The van der Waals surface area contributed by atoms with Gasteiger partial charge in [-0.15, -0.1) is 0 Å². The minimum absolute atomic E-state index is 0.0151. The number of rotatable bonds is 39. The van der Waals surface area contributed by atoms with Gasteiger partial charge in [0.1, 0.15) is 0 Å². The van der Waals surface area contributed by atoms with Crippen molar-refractivity contribution in [2.24, 2.45) is 0 Å². The topological polar surface area (TPSA) is 59.0 Å². The summed E-state index contributed by atoms with van der Waals surface area (Å²) in [5, 5.41) is 9.51. The summed E-state index contributed by atoms with van der Waals surface area (Å²) in [6, 6.07) is 0. The molecule has 0 heterocycles. The standard InChI is InChI=1S/C41H83NO4/c1-4-7-10-12-15-23-30-39-46-41(44)33-26-19-17-21-28-35-42(36-37-43)34-27-20-14-16-22-29-38-45-40(31-24-9-6-3)32-25-18-13-11-8-5-2/h40,43H,4-39H2,1-3H3. The van der Waals surface area contributed by atoms with E-state index in [-0.39, 0.29) is 12.6 Å². The highest BCUT2D eigenvalue weighted by Crippen LogP contribution is 2.17. The van der Waals surface area contributed by atoms with Crippen molar-refractivity contribution < 1.29 is 19.4 Å². The Morgan fingerprint density at radius 2 is 0.913 bits per heavy atom. The average Bonchev–Trinajstić information content (AvgIpc) is 3.05. The Balaban J connectivity index is 3.73. The molecule has 0 bridgehead atoms. The predicted octanol–water partition coefficient (Wildman–Crippen LogP) is 12.0. The van der Waals surface area contributed by atoms with E-state index in [1.165, 1.54) is 167 Å². The van der Waals surface area contributed by atoms with Crippen molar-refractivity contribution in [1.29, 1.82) is 0 Å². The fraction of sp³-hybridized carbons (Fsp3) is 0.976. The summed E-state index contributed by atoms with van der Waals surface area (Å²) in [6.45, 7) is 11.6. The molecule has 0 aliphatic rings. The predicted molar refractivity (Wildman–Crippen MR) is 200 cm³/mol. The van der Waals surface area contributed by atoms with Gasteiger partial charge >= 0.3 is 5.97 Å². The first-order valence-electron chi connectivity index (χ1n) is 20.8. The number of aliphatic hydroxyl groups excluding tert-OH is 1. The van der Waals surface area contributed by atoms with E-state index in [2.05, 4.69) is 25.7 Å². The zero-order chi connectivity index (χ0) is 33.6. The van der Waals surface area contributed by atoms with Crippen LogP contribution in [0.3, 0.4) is 0 Å². The summed E-state index contributed by atoms with van der Waals surface area (Å²) >= 11 is 0. The smallest absolute Gasteiger partial charge is 0.305 e. The first kappa shape index (κ1) is 45.3. The number of hydrogen-bond donors (Lipinski definition) is 1. The van der Waals surface area contributed by atoms with E-state index in [0.29, 0.717) is 19.1 Å². The molecule has 0 aliphatic heterocycles. The molecule has 1 N–H and O–H groups in total. The van der Waals surface area contributed by atoms with E-state index < -0.39 is 0 Å². The second kappa shape index (κ2) is 38.8. The normalized spacial score (nSPS) is 12.3. The first-order valence-corrected chi connectivity index (χ1v) is 20.8. The number of carbonyl (C=O) groups excluding carboxylic acids is 1. The highest BCUT2D eigenvalue weighted by atomic mass is 16.5. The van der Waals surface area contributed by atoms with E-state index in [9.17, 15) is 9.90 Å². The Bertz CT molecular complexity index is 587. The Morgan fingerprint density at radius 1 is 0.500 bits per heavy atom. The molecule has 0 amide bonds. The first-order chi connectivity index (χ1) is 22.7. The van der Waals surface area contributed by atoms with Gasteiger partial charge in [0, 0.05) is 19.6 Å². The van der Waals surface area contributed by atoms with Gasteiger partial charge in [0.25, 0.3) is 0 Å². The van der Waals surface area contributed by atoms with Crippen LogP contribution in [0.15, 0.2) is 0 Å². The van der Waals surface area contributed by atoms with E-state index >= 15 is 0 Å². The van der Waals surface area contributed by atoms with E-state index in [1.54, 1.807) is 0 Å². The van der Waals surface area contributed by atoms with Crippen LogP contribution in [0.1, 0.15) is 213 Å². The third kappa shape index (κ3) is 34.7. The summed E-state index contributed by atoms with van der Waals surface area (Å²) in [4.78, 5) is 14.4. The van der Waals surface area contributed by atoms with Gasteiger partial charge < -0.3 is 19.5 Å². The number of nitrogens with zero attached hydrogens (tertiary/aromatic N) is 1. The van der Waals surface area contributed by atoms with E-state index in [0.717, 1.165) is 45.5 Å². The van der Waals surface area contributed by atoms with Gasteiger partial charge in [-0.25, -0.2) is 0 Å². The molecule has 5 heteroatoms. The molecule has 0 spiro atoms. The fourth-order valence-corrected chi connectivity index (χ4v) is 6.41. The lowest BCUT2D eigenvalue weighted by atomic mass is 10.0. The summed E-state index contributed by atoms with van der Waals surface area (Å²) in [7, 11) is 0.